The lowest BCUT2D eigenvalue weighted by molar-refractivity contribution is -0.137. The van der Waals surface area contributed by atoms with E-state index in [1.165, 1.54) is 36.5 Å². The van der Waals surface area contributed by atoms with Gasteiger partial charge in [0.15, 0.2) is 0 Å². The number of ether oxygens (including phenoxy) is 3. The zero-order chi connectivity index (χ0) is 45.2. The molecule has 0 saturated carbocycles. The molecule has 0 aliphatic heterocycles. The van der Waals surface area contributed by atoms with E-state index in [2.05, 4.69) is 20.5 Å². The van der Waals surface area contributed by atoms with Crippen LogP contribution >= 0.6 is 0 Å². The van der Waals surface area contributed by atoms with Crippen molar-refractivity contribution >= 4 is 33.3 Å². The molecule has 1 aromatic heterocycles. The van der Waals surface area contributed by atoms with Gasteiger partial charge in [-0.2, -0.15) is 21.6 Å². The summed E-state index contributed by atoms with van der Waals surface area (Å²) in [5.74, 6) is -0.824. The molecule has 16 heteroatoms. The van der Waals surface area contributed by atoms with Crippen LogP contribution in [0.5, 0.6) is 0 Å². The first-order chi connectivity index (χ1) is 30.3. The monoisotopic (exact) mass is 890 g/mol. The maximum absolute atomic E-state index is 13.7. The molecule has 0 fully saturated rings. The number of hydrogen-bond acceptors (Lipinski definition) is 10. The fourth-order valence-corrected chi connectivity index (χ4v) is 7.35. The standard InChI is InChI=1S/C47H53F3N4O8S/c1-4-54(5-2)40-16-19-43(42(32-40)44-31-38(20-21-51-44)45(55)52-33-36-10-7-13-39(30-36)47(48,49)50)53-46(56)37-12-6-9-35(29-37)11-8-22-59-23-24-60-25-26-61-27-28-62-63(57,58)41-17-14-34(3)15-18-41/h6-7,9-10,12-21,29-32H,4-5,8,11,22-28,33H2,1-3H3,(H,52,55)(H,53,56). The van der Waals surface area contributed by atoms with Gasteiger partial charge in [-0.05, 0) is 111 Å². The second-order valence-electron chi connectivity index (χ2n) is 14.4. The molecule has 5 rings (SSSR count). The summed E-state index contributed by atoms with van der Waals surface area (Å²) < 4.78 is 85.8. The molecule has 4 aromatic carbocycles. The van der Waals surface area contributed by atoms with Gasteiger partial charge in [0.2, 0.25) is 0 Å². The maximum Gasteiger partial charge on any atom is 0.416 e. The van der Waals surface area contributed by atoms with Gasteiger partial charge in [-0.25, -0.2) is 0 Å². The Morgan fingerprint density at radius 3 is 2.06 bits per heavy atom. The van der Waals surface area contributed by atoms with Gasteiger partial charge >= 0.3 is 6.18 Å². The Labute approximate surface area is 366 Å². The molecule has 0 aliphatic rings. The van der Waals surface area contributed by atoms with Crippen LogP contribution in [0.2, 0.25) is 0 Å². The molecule has 0 atom stereocenters. The van der Waals surface area contributed by atoms with Gasteiger partial charge < -0.3 is 29.7 Å². The molecule has 2 amide bonds. The first-order valence-electron chi connectivity index (χ1n) is 20.7. The van der Waals surface area contributed by atoms with Crippen molar-refractivity contribution < 1.29 is 49.6 Å². The second-order valence-corrected chi connectivity index (χ2v) is 16.0. The van der Waals surface area contributed by atoms with Crippen molar-refractivity contribution in [1.29, 1.82) is 0 Å². The van der Waals surface area contributed by atoms with Crippen LogP contribution in [-0.2, 0) is 47.7 Å². The van der Waals surface area contributed by atoms with Crippen molar-refractivity contribution in [3.05, 3.63) is 143 Å². The number of halogens is 3. The van der Waals surface area contributed by atoms with Crippen LogP contribution in [0.1, 0.15) is 63.2 Å². The molecule has 1 heterocycles. The van der Waals surface area contributed by atoms with E-state index >= 15 is 0 Å². The molecule has 12 nitrogen and oxygen atoms in total. The second kappa shape index (κ2) is 23.7. The highest BCUT2D eigenvalue weighted by Crippen LogP contribution is 2.33. The van der Waals surface area contributed by atoms with Crippen LogP contribution in [-0.4, -0.2) is 84.6 Å². The fourth-order valence-electron chi connectivity index (χ4n) is 6.46. The molecular weight excluding hydrogens is 838 g/mol. The summed E-state index contributed by atoms with van der Waals surface area (Å²) in [7, 11) is -3.83. The summed E-state index contributed by atoms with van der Waals surface area (Å²) in [6.45, 7) is 9.15. The van der Waals surface area contributed by atoms with Crippen LogP contribution in [0.3, 0.4) is 0 Å². The van der Waals surface area contributed by atoms with Crippen molar-refractivity contribution in [3.8, 4) is 11.3 Å². The number of nitrogens with one attached hydrogen (secondary N) is 2. The Morgan fingerprint density at radius 2 is 1.37 bits per heavy atom. The van der Waals surface area contributed by atoms with Crippen molar-refractivity contribution in [2.75, 3.05) is 69.6 Å². The Kier molecular flexibility index (Phi) is 18.2. The Bertz CT molecular complexity index is 2380. The van der Waals surface area contributed by atoms with E-state index in [4.69, 9.17) is 18.4 Å². The number of aromatic nitrogens is 1. The third-order valence-electron chi connectivity index (χ3n) is 9.85. The fraction of sp³-hybridized carbons (Fsp3) is 0.340. The number of amides is 2. The molecule has 336 valence electrons. The normalized spacial score (nSPS) is 11.7. The number of carbonyl (C=O) groups is 2. The molecule has 0 unspecified atom stereocenters. The molecular formula is C47H53F3N4O8S. The maximum atomic E-state index is 13.7. The van der Waals surface area contributed by atoms with Crippen LogP contribution in [0.15, 0.2) is 114 Å². The van der Waals surface area contributed by atoms with E-state index in [1.54, 1.807) is 30.3 Å². The molecule has 0 saturated heterocycles. The van der Waals surface area contributed by atoms with Gasteiger partial charge in [-0.3, -0.25) is 18.8 Å². The first kappa shape index (κ1) is 48.4. The van der Waals surface area contributed by atoms with E-state index in [-0.39, 0.29) is 42.7 Å². The number of nitrogens with zero attached hydrogens (tertiary/aromatic N) is 2. The van der Waals surface area contributed by atoms with E-state index in [9.17, 15) is 31.2 Å². The van der Waals surface area contributed by atoms with Gasteiger partial charge in [0.25, 0.3) is 21.9 Å². The number of aryl methyl sites for hydroxylation is 2. The van der Waals surface area contributed by atoms with Crippen LogP contribution in [0, 0.1) is 6.92 Å². The molecule has 63 heavy (non-hydrogen) atoms. The molecule has 5 aromatic rings. The zero-order valence-electron chi connectivity index (χ0n) is 35.6. The van der Waals surface area contributed by atoms with E-state index < -0.39 is 27.8 Å². The van der Waals surface area contributed by atoms with Crippen molar-refractivity contribution in [1.82, 2.24) is 10.3 Å². The number of pyridine rings is 1. The van der Waals surface area contributed by atoms with Crippen LogP contribution in [0.4, 0.5) is 24.5 Å². The summed E-state index contributed by atoms with van der Waals surface area (Å²) in [4.78, 5) is 33.7. The van der Waals surface area contributed by atoms with Gasteiger partial charge in [0.05, 0.1) is 61.5 Å². The summed E-state index contributed by atoms with van der Waals surface area (Å²) in [6.07, 6.45) is -1.63. The highest BCUT2D eigenvalue weighted by atomic mass is 32.2. The van der Waals surface area contributed by atoms with Gasteiger partial charge in [0.1, 0.15) is 0 Å². The third-order valence-corrected chi connectivity index (χ3v) is 11.2. The summed E-state index contributed by atoms with van der Waals surface area (Å²) in [6, 6.07) is 27.3. The number of anilines is 2. The van der Waals surface area contributed by atoms with Crippen molar-refractivity contribution in [2.24, 2.45) is 0 Å². The predicted octanol–water partition coefficient (Wildman–Crippen LogP) is 8.49. The lowest BCUT2D eigenvalue weighted by atomic mass is 10.0. The topological polar surface area (TPSA) is 145 Å². The number of carbonyl (C=O) groups excluding carboxylic acids is 2. The zero-order valence-corrected chi connectivity index (χ0v) is 36.4. The Morgan fingerprint density at radius 1 is 0.714 bits per heavy atom. The van der Waals surface area contributed by atoms with E-state index in [0.717, 1.165) is 42.0 Å². The smallest absolute Gasteiger partial charge is 0.379 e. The highest BCUT2D eigenvalue weighted by Gasteiger charge is 2.30. The Hall–Kier alpha value is -5.65. The lowest BCUT2D eigenvalue weighted by Gasteiger charge is -2.23. The van der Waals surface area contributed by atoms with Gasteiger partial charge in [-0.1, -0.05) is 42.0 Å². The van der Waals surface area contributed by atoms with Crippen LogP contribution in [0.25, 0.3) is 11.3 Å². The number of alkyl halides is 3. The summed E-state index contributed by atoms with van der Waals surface area (Å²) in [5, 5.41) is 5.72. The van der Waals surface area contributed by atoms with Gasteiger partial charge in [0, 0.05) is 54.8 Å². The van der Waals surface area contributed by atoms with Crippen LogP contribution < -0.4 is 15.5 Å². The molecule has 0 spiro atoms. The largest absolute Gasteiger partial charge is 0.416 e. The summed E-state index contributed by atoms with van der Waals surface area (Å²) in [5.41, 5.74) is 4.51. The minimum atomic E-state index is -4.50. The minimum Gasteiger partial charge on any atom is -0.379 e. The van der Waals surface area contributed by atoms with E-state index in [0.29, 0.717) is 67.3 Å². The molecule has 0 bridgehead atoms. The molecule has 0 radical (unpaired) electrons. The highest BCUT2D eigenvalue weighted by molar-refractivity contribution is 7.86. The number of rotatable bonds is 24. The number of benzene rings is 4. The summed E-state index contributed by atoms with van der Waals surface area (Å²) >= 11 is 0. The predicted molar refractivity (Wildman–Crippen MR) is 235 cm³/mol. The SMILES string of the molecule is CCN(CC)c1ccc(NC(=O)c2cccc(CCCOCCOCCOCCOS(=O)(=O)c3ccc(C)cc3)c2)c(-c2cc(C(=O)NCc3cccc(C(F)(F)F)c3)ccn2)c1. The van der Waals surface area contributed by atoms with Crippen molar-refractivity contribution in [2.45, 2.75) is 51.2 Å². The average molecular weight is 891 g/mol. The Balaban J connectivity index is 1.08. The van der Waals surface area contributed by atoms with Crippen molar-refractivity contribution in [3.63, 3.8) is 0 Å². The van der Waals surface area contributed by atoms with E-state index in [1.807, 2.05) is 51.1 Å². The molecule has 2 N–H and O–H groups in total. The van der Waals surface area contributed by atoms with Gasteiger partial charge in [-0.15, -0.1) is 0 Å². The quantitative estimate of drug-likeness (QED) is 0.0457. The third kappa shape index (κ3) is 15.0. The minimum absolute atomic E-state index is 0.100. The molecule has 0 aliphatic carbocycles. The average Bonchev–Trinajstić information content (AvgIpc) is 3.28. The first-order valence-corrected chi connectivity index (χ1v) is 22.1. The lowest BCUT2D eigenvalue weighted by Crippen LogP contribution is -2.23. The number of hydrogen-bond donors (Lipinski definition) is 2.